The molecule has 7 nitrogen and oxygen atoms in total. The molecular weight excluding hydrogens is 397 g/mol. The van der Waals surface area contributed by atoms with Crippen molar-refractivity contribution in [2.45, 2.75) is 31.1 Å². The molecular formula is C20H17F3N6O. The average Bonchev–Trinajstić information content (AvgIpc) is 3.22. The molecule has 0 atom stereocenters. The van der Waals surface area contributed by atoms with Gasteiger partial charge in [0.15, 0.2) is 0 Å². The maximum absolute atomic E-state index is 12.9. The first-order chi connectivity index (χ1) is 14.3. The molecule has 4 rings (SSSR count). The van der Waals surface area contributed by atoms with Gasteiger partial charge in [0.1, 0.15) is 17.8 Å². The molecule has 2 aromatic heterocycles. The van der Waals surface area contributed by atoms with Crippen LogP contribution in [-0.2, 0) is 0 Å². The zero-order valence-electron chi connectivity index (χ0n) is 15.6. The smallest absolute Gasteiger partial charge is 0.348 e. The van der Waals surface area contributed by atoms with Crippen LogP contribution >= 0.6 is 0 Å². The predicted octanol–water partition coefficient (Wildman–Crippen LogP) is 2.70. The third kappa shape index (κ3) is 4.11. The van der Waals surface area contributed by atoms with Crippen LogP contribution < -0.4 is 10.6 Å². The number of nitrogens with zero attached hydrogens (tertiary/aromatic N) is 4. The van der Waals surface area contributed by atoms with E-state index in [0.717, 1.165) is 0 Å². The van der Waals surface area contributed by atoms with Crippen molar-refractivity contribution in [3.8, 4) is 11.9 Å². The van der Waals surface area contributed by atoms with Crippen molar-refractivity contribution >= 4 is 16.7 Å². The lowest BCUT2D eigenvalue weighted by atomic mass is 9.86. The Hall–Kier alpha value is -3.45. The number of nitrogens with one attached hydrogen (secondary N) is 2. The van der Waals surface area contributed by atoms with E-state index in [2.05, 4.69) is 26.7 Å². The van der Waals surface area contributed by atoms with E-state index in [4.69, 9.17) is 0 Å². The number of benzene rings is 1. The van der Waals surface area contributed by atoms with Crippen molar-refractivity contribution in [2.75, 3.05) is 6.54 Å². The second kappa shape index (κ2) is 7.76. The van der Waals surface area contributed by atoms with Crippen LogP contribution in [0.15, 0.2) is 43.0 Å². The van der Waals surface area contributed by atoms with Crippen LogP contribution in [0.25, 0.3) is 16.6 Å². The quantitative estimate of drug-likeness (QED) is 0.669. The van der Waals surface area contributed by atoms with E-state index >= 15 is 0 Å². The lowest BCUT2D eigenvalue weighted by Gasteiger charge is -2.36. The Kier molecular flexibility index (Phi) is 5.13. The van der Waals surface area contributed by atoms with Crippen LogP contribution in [0.1, 0.15) is 28.9 Å². The van der Waals surface area contributed by atoms with Crippen molar-refractivity contribution in [3.05, 3.63) is 54.2 Å². The van der Waals surface area contributed by atoms with Crippen molar-refractivity contribution in [1.29, 1.82) is 5.26 Å². The fraction of sp³-hybridized carbons (Fsp3) is 0.300. The maximum atomic E-state index is 12.9. The maximum Gasteiger partial charge on any atom is 0.401 e. The Bertz CT molecular complexity index is 1110. The first-order valence-electron chi connectivity index (χ1n) is 9.27. The highest BCUT2D eigenvalue weighted by Crippen LogP contribution is 2.26. The lowest BCUT2D eigenvalue weighted by Crippen LogP contribution is -2.54. The van der Waals surface area contributed by atoms with Crippen LogP contribution in [0.3, 0.4) is 0 Å². The van der Waals surface area contributed by atoms with E-state index in [0.29, 0.717) is 35.0 Å². The number of nitriles is 1. The van der Waals surface area contributed by atoms with E-state index < -0.39 is 18.6 Å². The normalized spacial score (nSPS) is 18.6. The van der Waals surface area contributed by atoms with Gasteiger partial charge in [-0.15, -0.1) is 0 Å². The number of carbonyl (C=O) groups excluding carboxylic acids is 1. The molecule has 0 spiro atoms. The number of amides is 1. The average molecular weight is 414 g/mol. The zero-order valence-corrected chi connectivity index (χ0v) is 15.6. The number of fused-ring (bicyclic) bond motifs is 1. The highest BCUT2D eigenvalue weighted by molar-refractivity contribution is 6.07. The molecule has 1 fully saturated rings. The molecule has 0 unspecified atom stereocenters. The molecule has 154 valence electrons. The summed E-state index contributed by atoms with van der Waals surface area (Å²) in [5.41, 5.74) is 0.561. The molecule has 0 bridgehead atoms. The number of rotatable bonds is 5. The molecule has 1 aromatic carbocycles. The molecule has 30 heavy (non-hydrogen) atoms. The van der Waals surface area contributed by atoms with E-state index in [-0.39, 0.29) is 17.8 Å². The second-order valence-electron chi connectivity index (χ2n) is 7.15. The summed E-state index contributed by atoms with van der Waals surface area (Å²) < 4.78 is 38.5. The van der Waals surface area contributed by atoms with Gasteiger partial charge in [-0.3, -0.25) is 9.36 Å². The molecule has 0 aliphatic heterocycles. The largest absolute Gasteiger partial charge is 0.401 e. The minimum Gasteiger partial charge on any atom is -0.348 e. The fourth-order valence-corrected chi connectivity index (χ4v) is 3.48. The van der Waals surface area contributed by atoms with E-state index in [1.54, 1.807) is 41.2 Å². The van der Waals surface area contributed by atoms with Gasteiger partial charge in [-0.2, -0.15) is 18.4 Å². The summed E-state index contributed by atoms with van der Waals surface area (Å²) in [5.74, 6) is 0.00232. The summed E-state index contributed by atoms with van der Waals surface area (Å²) in [6.07, 6.45) is 1.34. The van der Waals surface area contributed by atoms with Crippen LogP contribution in [-0.4, -0.2) is 45.2 Å². The van der Waals surface area contributed by atoms with Gasteiger partial charge in [0.05, 0.1) is 18.2 Å². The third-order valence-electron chi connectivity index (χ3n) is 5.03. The number of hydrogen-bond donors (Lipinski definition) is 2. The van der Waals surface area contributed by atoms with Crippen molar-refractivity contribution < 1.29 is 18.0 Å². The van der Waals surface area contributed by atoms with Gasteiger partial charge >= 0.3 is 6.18 Å². The molecule has 3 aromatic rings. The SMILES string of the molecule is N#Cc1cccc2c(C(=O)N[C@H]3C[C@H](NCC(F)(F)F)C3)nc(-n3ccnc3)cc12. The highest BCUT2D eigenvalue weighted by Gasteiger charge is 2.35. The van der Waals surface area contributed by atoms with Crippen molar-refractivity contribution in [2.24, 2.45) is 0 Å². The number of aromatic nitrogens is 3. The molecule has 2 N–H and O–H groups in total. The van der Waals surface area contributed by atoms with Gasteiger partial charge in [-0.1, -0.05) is 12.1 Å². The monoisotopic (exact) mass is 414 g/mol. The molecule has 1 aliphatic carbocycles. The second-order valence-corrected chi connectivity index (χ2v) is 7.15. The summed E-state index contributed by atoms with van der Waals surface area (Å²) in [6.45, 7) is -1.05. The van der Waals surface area contributed by atoms with Crippen LogP contribution in [0.5, 0.6) is 0 Å². The van der Waals surface area contributed by atoms with Crippen molar-refractivity contribution in [3.63, 3.8) is 0 Å². The molecule has 1 saturated carbocycles. The molecule has 0 radical (unpaired) electrons. The Morgan fingerprint density at radius 3 is 2.73 bits per heavy atom. The van der Waals surface area contributed by atoms with Gasteiger partial charge in [0.25, 0.3) is 5.91 Å². The minimum atomic E-state index is -4.26. The van der Waals surface area contributed by atoms with Gasteiger partial charge in [0.2, 0.25) is 0 Å². The predicted molar refractivity (Wildman–Crippen MR) is 102 cm³/mol. The van der Waals surface area contributed by atoms with Crippen LogP contribution in [0.4, 0.5) is 13.2 Å². The standard InChI is InChI=1S/C20H17F3N6O/c21-20(22,23)10-26-13-6-14(7-13)27-19(30)18-15-3-1-2-12(9-24)16(15)8-17(28-18)29-5-4-25-11-29/h1-5,8,11,13-14,26H,6-7,10H2,(H,27,30)/t13-,14-. The lowest BCUT2D eigenvalue weighted by molar-refractivity contribution is -0.127. The van der Waals surface area contributed by atoms with Gasteiger partial charge in [-0.25, -0.2) is 9.97 Å². The molecule has 1 aliphatic rings. The number of alkyl halides is 3. The Morgan fingerprint density at radius 2 is 2.07 bits per heavy atom. The molecule has 0 saturated heterocycles. The number of imidazole rings is 1. The zero-order chi connectivity index (χ0) is 21.3. The summed E-state index contributed by atoms with van der Waals surface area (Å²) >= 11 is 0. The topological polar surface area (TPSA) is 95.6 Å². The van der Waals surface area contributed by atoms with Gasteiger partial charge in [-0.05, 0) is 25.0 Å². The third-order valence-corrected chi connectivity index (χ3v) is 5.03. The fourth-order valence-electron chi connectivity index (χ4n) is 3.48. The van der Waals surface area contributed by atoms with Crippen LogP contribution in [0.2, 0.25) is 0 Å². The first kappa shape index (κ1) is 19.8. The van der Waals surface area contributed by atoms with Gasteiger partial charge in [0, 0.05) is 35.2 Å². The van der Waals surface area contributed by atoms with Crippen LogP contribution in [0, 0.1) is 11.3 Å². The molecule has 10 heteroatoms. The summed E-state index contributed by atoms with van der Waals surface area (Å²) in [6, 6.07) is 8.35. The number of halogens is 3. The Morgan fingerprint density at radius 1 is 1.27 bits per heavy atom. The Labute approximate surface area is 169 Å². The van der Waals surface area contributed by atoms with E-state index in [1.807, 2.05) is 0 Å². The minimum absolute atomic E-state index is 0.153. The summed E-state index contributed by atoms with van der Waals surface area (Å²) in [5, 5.41) is 15.8. The first-order valence-corrected chi connectivity index (χ1v) is 9.27. The number of hydrogen-bond acceptors (Lipinski definition) is 5. The van der Waals surface area contributed by atoms with Gasteiger partial charge < -0.3 is 10.6 Å². The summed E-state index contributed by atoms with van der Waals surface area (Å²) in [7, 11) is 0. The highest BCUT2D eigenvalue weighted by atomic mass is 19.4. The van der Waals surface area contributed by atoms with Crippen molar-refractivity contribution in [1.82, 2.24) is 25.2 Å². The summed E-state index contributed by atoms with van der Waals surface area (Å²) in [4.78, 5) is 21.4. The van der Waals surface area contributed by atoms with E-state index in [9.17, 15) is 23.2 Å². The van der Waals surface area contributed by atoms with E-state index in [1.165, 1.54) is 6.33 Å². The molecule has 1 amide bonds. The molecule has 2 heterocycles. The number of carbonyl (C=O) groups is 1. The Balaban J connectivity index is 1.56. The number of pyridine rings is 1.